The summed E-state index contributed by atoms with van der Waals surface area (Å²) in [7, 11) is -1.66. The van der Waals surface area contributed by atoms with Crippen LogP contribution in [0.1, 0.15) is 26.2 Å². The van der Waals surface area contributed by atoms with Crippen molar-refractivity contribution >= 4 is 8.56 Å². The van der Waals surface area contributed by atoms with Gasteiger partial charge in [0.25, 0.3) is 0 Å². The smallest absolute Gasteiger partial charge is 0.334 e. The largest absolute Gasteiger partial charge is 0.394 e. The van der Waals surface area contributed by atoms with Crippen LogP contribution in [0.15, 0.2) is 0 Å². The highest BCUT2D eigenvalue weighted by Gasteiger charge is 2.33. The van der Waals surface area contributed by atoms with Gasteiger partial charge in [-0.1, -0.05) is 6.92 Å². The van der Waals surface area contributed by atoms with E-state index in [-0.39, 0.29) is 0 Å². The lowest BCUT2D eigenvalue weighted by atomic mass is 10.4. The molecule has 0 aromatic carbocycles. The summed E-state index contributed by atoms with van der Waals surface area (Å²) < 4.78 is 11.4. The van der Waals surface area contributed by atoms with Crippen LogP contribution in [0, 0.1) is 0 Å². The van der Waals surface area contributed by atoms with Crippen molar-refractivity contribution in [2.75, 3.05) is 13.2 Å². The Morgan fingerprint density at radius 3 is 2.82 bits per heavy atom. The number of hydrogen-bond acceptors (Lipinski definition) is 2. The van der Waals surface area contributed by atoms with Gasteiger partial charge in [0.1, 0.15) is 0 Å². The molecule has 1 saturated heterocycles. The minimum atomic E-state index is -1.66. The third kappa shape index (κ3) is 2.93. The second-order valence-corrected chi connectivity index (χ2v) is 6.63. The molecule has 1 atom stereocenters. The standard InChI is InChI=1S/C8H18O2Si/c1-3-6-9-11(2)8-5-4-7-10-11/h3-8H2,1-2H3. The highest BCUT2D eigenvalue weighted by molar-refractivity contribution is 6.66. The predicted molar refractivity (Wildman–Crippen MR) is 47.9 cm³/mol. The second-order valence-electron chi connectivity index (χ2n) is 3.29. The first kappa shape index (κ1) is 9.23. The maximum Gasteiger partial charge on any atom is 0.334 e. The van der Waals surface area contributed by atoms with Crippen molar-refractivity contribution in [3.8, 4) is 0 Å². The highest BCUT2D eigenvalue weighted by Crippen LogP contribution is 2.22. The summed E-state index contributed by atoms with van der Waals surface area (Å²) in [6.45, 7) is 6.12. The maximum atomic E-state index is 5.74. The van der Waals surface area contributed by atoms with Gasteiger partial charge in [-0.2, -0.15) is 0 Å². The molecule has 0 aliphatic carbocycles. The van der Waals surface area contributed by atoms with E-state index in [9.17, 15) is 0 Å². The number of rotatable bonds is 3. The molecule has 1 aliphatic rings. The summed E-state index contributed by atoms with van der Waals surface area (Å²) in [6.07, 6.45) is 3.62. The van der Waals surface area contributed by atoms with E-state index in [1.54, 1.807) is 0 Å². The molecule has 1 rings (SSSR count). The van der Waals surface area contributed by atoms with Gasteiger partial charge in [0.2, 0.25) is 0 Å². The summed E-state index contributed by atoms with van der Waals surface area (Å²) in [5.74, 6) is 0. The molecule has 1 fully saturated rings. The molecular formula is C8H18O2Si. The Bertz CT molecular complexity index is 111. The van der Waals surface area contributed by atoms with Crippen LogP contribution in [0.25, 0.3) is 0 Å². The van der Waals surface area contributed by atoms with Gasteiger partial charge in [-0.05, 0) is 31.9 Å². The Kier molecular flexibility index (Phi) is 3.55. The molecule has 1 heterocycles. The van der Waals surface area contributed by atoms with Gasteiger partial charge in [0.05, 0.1) is 0 Å². The average Bonchev–Trinajstić information content (AvgIpc) is 2.03. The molecule has 0 radical (unpaired) electrons. The van der Waals surface area contributed by atoms with E-state index >= 15 is 0 Å². The van der Waals surface area contributed by atoms with Crippen molar-refractivity contribution in [3.63, 3.8) is 0 Å². The van der Waals surface area contributed by atoms with Crippen molar-refractivity contribution in [1.82, 2.24) is 0 Å². The van der Waals surface area contributed by atoms with Crippen molar-refractivity contribution < 1.29 is 8.85 Å². The molecule has 3 heteroatoms. The Hall–Kier alpha value is 0.137. The topological polar surface area (TPSA) is 18.5 Å². The molecule has 0 bridgehead atoms. The van der Waals surface area contributed by atoms with Crippen molar-refractivity contribution in [2.24, 2.45) is 0 Å². The monoisotopic (exact) mass is 174 g/mol. The minimum Gasteiger partial charge on any atom is -0.394 e. The van der Waals surface area contributed by atoms with Gasteiger partial charge in [0.15, 0.2) is 0 Å². The zero-order valence-electron chi connectivity index (χ0n) is 7.56. The number of hydrogen-bond donors (Lipinski definition) is 0. The maximum absolute atomic E-state index is 5.74. The fraction of sp³-hybridized carbons (Fsp3) is 1.00. The van der Waals surface area contributed by atoms with Crippen molar-refractivity contribution in [2.45, 2.75) is 38.8 Å². The Balaban J connectivity index is 2.25. The van der Waals surface area contributed by atoms with Gasteiger partial charge in [-0.3, -0.25) is 0 Å². The van der Waals surface area contributed by atoms with E-state index in [0.717, 1.165) is 19.6 Å². The lowest BCUT2D eigenvalue weighted by Gasteiger charge is -2.30. The van der Waals surface area contributed by atoms with E-state index in [0.29, 0.717) is 0 Å². The van der Waals surface area contributed by atoms with Crippen LogP contribution >= 0.6 is 0 Å². The highest BCUT2D eigenvalue weighted by atomic mass is 28.4. The molecular weight excluding hydrogens is 156 g/mol. The molecule has 66 valence electrons. The van der Waals surface area contributed by atoms with Crippen LogP contribution in [-0.4, -0.2) is 21.8 Å². The zero-order chi connectivity index (χ0) is 8.16. The van der Waals surface area contributed by atoms with Crippen LogP contribution < -0.4 is 0 Å². The van der Waals surface area contributed by atoms with Crippen molar-refractivity contribution in [1.29, 1.82) is 0 Å². The minimum absolute atomic E-state index is 0.878. The Labute approximate surface area is 70.1 Å². The fourth-order valence-electron chi connectivity index (χ4n) is 1.34. The summed E-state index contributed by atoms with van der Waals surface area (Å²) in [4.78, 5) is 0. The molecule has 0 spiro atoms. The molecule has 2 nitrogen and oxygen atoms in total. The normalized spacial score (nSPS) is 32.2. The fourth-order valence-corrected chi connectivity index (χ4v) is 3.82. The Morgan fingerprint density at radius 2 is 2.27 bits per heavy atom. The molecule has 11 heavy (non-hydrogen) atoms. The van der Waals surface area contributed by atoms with E-state index in [1.807, 2.05) is 0 Å². The summed E-state index contributed by atoms with van der Waals surface area (Å²) in [6, 6.07) is 1.19. The predicted octanol–water partition coefficient (Wildman–Crippen LogP) is 2.30. The lowest BCUT2D eigenvalue weighted by Crippen LogP contribution is -2.41. The summed E-state index contributed by atoms with van der Waals surface area (Å²) in [5.41, 5.74) is 0. The van der Waals surface area contributed by atoms with E-state index in [4.69, 9.17) is 8.85 Å². The zero-order valence-corrected chi connectivity index (χ0v) is 8.56. The lowest BCUT2D eigenvalue weighted by molar-refractivity contribution is 0.154. The SMILES string of the molecule is CCCO[Si]1(C)CCCCO1. The van der Waals surface area contributed by atoms with Crippen LogP contribution in [0.3, 0.4) is 0 Å². The van der Waals surface area contributed by atoms with E-state index in [2.05, 4.69) is 13.5 Å². The first-order valence-corrected chi connectivity index (χ1v) is 7.07. The first-order valence-electron chi connectivity index (χ1n) is 4.55. The first-order chi connectivity index (χ1) is 5.27. The summed E-state index contributed by atoms with van der Waals surface area (Å²) >= 11 is 0. The van der Waals surface area contributed by atoms with Gasteiger partial charge in [0, 0.05) is 13.2 Å². The third-order valence-electron chi connectivity index (χ3n) is 2.04. The molecule has 0 amide bonds. The van der Waals surface area contributed by atoms with Crippen molar-refractivity contribution in [3.05, 3.63) is 0 Å². The Morgan fingerprint density at radius 1 is 1.45 bits per heavy atom. The van der Waals surface area contributed by atoms with E-state index < -0.39 is 8.56 Å². The average molecular weight is 174 g/mol. The summed E-state index contributed by atoms with van der Waals surface area (Å²) in [5, 5.41) is 0. The van der Waals surface area contributed by atoms with E-state index in [1.165, 1.54) is 18.9 Å². The van der Waals surface area contributed by atoms with Crippen LogP contribution in [0.5, 0.6) is 0 Å². The van der Waals surface area contributed by atoms with Gasteiger partial charge in [-0.25, -0.2) is 0 Å². The molecule has 0 aromatic heterocycles. The molecule has 1 unspecified atom stereocenters. The molecule has 0 aromatic rings. The third-order valence-corrected chi connectivity index (χ3v) is 4.94. The quantitative estimate of drug-likeness (QED) is 0.611. The van der Waals surface area contributed by atoms with Crippen LogP contribution in [0.4, 0.5) is 0 Å². The van der Waals surface area contributed by atoms with Crippen LogP contribution in [0.2, 0.25) is 12.6 Å². The van der Waals surface area contributed by atoms with Gasteiger partial charge >= 0.3 is 8.56 Å². The van der Waals surface area contributed by atoms with Crippen LogP contribution in [-0.2, 0) is 8.85 Å². The van der Waals surface area contributed by atoms with Gasteiger partial charge < -0.3 is 8.85 Å². The second kappa shape index (κ2) is 4.23. The molecule has 0 saturated carbocycles. The van der Waals surface area contributed by atoms with Gasteiger partial charge in [-0.15, -0.1) is 0 Å². The molecule has 1 aliphatic heterocycles. The molecule has 0 N–H and O–H groups in total.